The minimum absolute atomic E-state index is 0.000386. The molecule has 0 saturated heterocycles. The Hall–Kier alpha value is -1.87. The van der Waals surface area contributed by atoms with E-state index in [1.807, 2.05) is 19.9 Å². The largest absolute Gasteiger partial charge is 0.328 e. The van der Waals surface area contributed by atoms with E-state index < -0.39 is 0 Å². The van der Waals surface area contributed by atoms with Crippen molar-refractivity contribution in [2.75, 3.05) is 5.32 Å². The Kier molecular flexibility index (Phi) is 4.97. The molecule has 0 spiro atoms. The van der Waals surface area contributed by atoms with Gasteiger partial charge in [0.2, 0.25) is 6.41 Å². The van der Waals surface area contributed by atoms with Gasteiger partial charge in [-0.2, -0.15) is 0 Å². The maximum atomic E-state index is 13.6. The van der Waals surface area contributed by atoms with Crippen LogP contribution in [0.1, 0.15) is 36.0 Å². The van der Waals surface area contributed by atoms with E-state index in [9.17, 15) is 9.18 Å². The fraction of sp³-hybridized carbons (Fsp3) is 0.235. The third-order valence-corrected chi connectivity index (χ3v) is 3.87. The summed E-state index contributed by atoms with van der Waals surface area (Å²) < 4.78 is 13.6. The second-order valence-corrected chi connectivity index (χ2v) is 5.39. The van der Waals surface area contributed by atoms with Crippen molar-refractivity contribution in [2.24, 2.45) is 0 Å². The first-order valence-corrected chi connectivity index (χ1v) is 7.20. The second kappa shape index (κ2) is 6.72. The SMILES string of the molecule is CCC(c1cc(F)ccc1C)c1ccc(Cl)cc1NC=O. The minimum atomic E-state index is -0.257. The van der Waals surface area contributed by atoms with Crippen LogP contribution in [-0.2, 0) is 4.79 Å². The summed E-state index contributed by atoms with van der Waals surface area (Å²) in [6.07, 6.45) is 1.42. The average Bonchev–Trinajstić information content (AvgIpc) is 2.46. The molecule has 2 rings (SSSR count). The van der Waals surface area contributed by atoms with Crippen molar-refractivity contribution in [2.45, 2.75) is 26.2 Å². The third-order valence-electron chi connectivity index (χ3n) is 3.63. The first kappa shape index (κ1) is 15.5. The molecule has 0 radical (unpaired) electrons. The zero-order chi connectivity index (χ0) is 15.4. The molecule has 1 atom stereocenters. The first-order chi connectivity index (χ1) is 10.1. The van der Waals surface area contributed by atoms with E-state index in [1.54, 1.807) is 24.3 Å². The lowest BCUT2D eigenvalue weighted by Gasteiger charge is -2.21. The number of nitrogens with one attached hydrogen (secondary N) is 1. The van der Waals surface area contributed by atoms with Gasteiger partial charge < -0.3 is 5.32 Å². The maximum absolute atomic E-state index is 13.6. The van der Waals surface area contributed by atoms with Crippen molar-refractivity contribution in [3.05, 3.63) is 63.9 Å². The molecule has 0 bridgehead atoms. The fourth-order valence-electron chi connectivity index (χ4n) is 2.61. The van der Waals surface area contributed by atoms with E-state index in [0.717, 1.165) is 23.1 Å². The van der Waals surface area contributed by atoms with Gasteiger partial charge in [0.05, 0.1) is 0 Å². The van der Waals surface area contributed by atoms with Crippen LogP contribution in [0.4, 0.5) is 10.1 Å². The van der Waals surface area contributed by atoms with E-state index in [0.29, 0.717) is 17.1 Å². The lowest BCUT2D eigenvalue weighted by Crippen LogP contribution is -2.07. The van der Waals surface area contributed by atoms with Crippen molar-refractivity contribution in [3.8, 4) is 0 Å². The monoisotopic (exact) mass is 305 g/mol. The molecule has 2 aromatic rings. The summed E-state index contributed by atoms with van der Waals surface area (Å²) in [5.41, 5.74) is 3.54. The van der Waals surface area contributed by atoms with Gasteiger partial charge in [-0.1, -0.05) is 30.7 Å². The molecule has 110 valence electrons. The number of anilines is 1. The van der Waals surface area contributed by atoms with Gasteiger partial charge in [0, 0.05) is 16.6 Å². The molecule has 0 aliphatic carbocycles. The molecule has 21 heavy (non-hydrogen) atoms. The highest BCUT2D eigenvalue weighted by molar-refractivity contribution is 6.30. The fourth-order valence-corrected chi connectivity index (χ4v) is 2.79. The molecule has 0 aromatic heterocycles. The summed E-state index contributed by atoms with van der Waals surface area (Å²) in [5, 5.41) is 3.23. The van der Waals surface area contributed by atoms with E-state index in [1.165, 1.54) is 6.07 Å². The summed E-state index contributed by atoms with van der Waals surface area (Å²) in [4.78, 5) is 10.8. The van der Waals surface area contributed by atoms with E-state index >= 15 is 0 Å². The maximum Gasteiger partial charge on any atom is 0.211 e. The summed E-state index contributed by atoms with van der Waals surface area (Å²) in [6.45, 7) is 3.99. The Balaban J connectivity index is 2.55. The molecule has 0 saturated carbocycles. The molecule has 0 fully saturated rings. The van der Waals surface area contributed by atoms with Crippen LogP contribution in [0.2, 0.25) is 5.02 Å². The van der Waals surface area contributed by atoms with Gasteiger partial charge in [-0.25, -0.2) is 4.39 Å². The topological polar surface area (TPSA) is 29.1 Å². The Bertz CT molecular complexity index is 657. The zero-order valence-electron chi connectivity index (χ0n) is 12.0. The molecule has 4 heteroatoms. The van der Waals surface area contributed by atoms with Crippen LogP contribution >= 0.6 is 11.6 Å². The smallest absolute Gasteiger partial charge is 0.211 e. The standard InChI is InChI=1S/C17H17ClFNO/c1-3-14(16-9-13(19)6-4-11(16)2)15-7-5-12(18)8-17(15)20-10-21/h4-10,14H,3H2,1-2H3,(H,20,21). The number of benzene rings is 2. The van der Waals surface area contributed by atoms with Crippen molar-refractivity contribution in [1.82, 2.24) is 0 Å². The number of amides is 1. The predicted molar refractivity (Wildman–Crippen MR) is 84.4 cm³/mol. The van der Waals surface area contributed by atoms with Crippen LogP contribution in [0, 0.1) is 12.7 Å². The van der Waals surface area contributed by atoms with Crippen LogP contribution in [-0.4, -0.2) is 6.41 Å². The lowest BCUT2D eigenvalue weighted by atomic mass is 9.85. The molecule has 0 heterocycles. The number of hydrogen-bond donors (Lipinski definition) is 1. The van der Waals surface area contributed by atoms with Gasteiger partial charge in [-0.05, 0) is 54.3 Å². The Morgan fingerprint density at radius 3 is 2.67 bits per heavy atom. The number of rotatable bonds is 5. The predicted octanol–water partition coefficient (Wildman–Crippen LogP) is 4.90. The number of carbonyl (C=O) groups is 1. The zero-order valence-corrected chi connectivity index (χ0v) is 12.7. The summed E-state index contributed by atoms with van der Waals surface area (Å²) in [5.74, 6) is -0.256. The molecular formula is C17H17ClFNO. The Morgan fingerprint density at radius 2 is 2.00 bits per heavy atom. The molecule has 2 aromatic carbocycles. The molecule has 0 aliphatic heterocycles. The molecule has 2 nitrogen and oxygen atoms in total. The number of hydrogen-bond acceptors (Lipinski definition) is 1. The quantitative estimate of drug-likeness (QED) is 0.782. The van der Waals surface area contributed by atoms with Gasteiger partial charge in [0.25, 0.3) is 0 Å². The second-order valence-electron chi connectivity index (χ2n) is 4.96. The van der Waals surface area contributed by atoms with Gasteiger partial charge in [0.1, 0.15) is 5.82 Å². The van der Waals surface area contributed by atoms with Crippen molar-refractivity contribution in [1.29, 1.82) is 0 Å². The number of halogens is 2. The molecule has 1 N–H and O–H groups in total. The number of aryl methyl sites for hydroxylation is 1. The van der Waals surface area contributed by atoms with Gasteiger partial charge in [-0.15, -0.1) is 0 Å². The molecular weight excluding hydrogens is 289 g/mol. The summed E-state index contributed by atoms with van der Waals surface area (Å²) in [6, 6.07) is 10.2. The molecule has 0 aliphatic rings. The Labute approximate surface area is 128 Å². The number of carbonyl (C=O) groups excluding carboxylic acids is 1. The van der Waals surface area contributed by atoms with Gasteiger partial charge >= 0.3 is 0 Å². The van der Waals surface area contributed by atoms with Crippen LogP contribution in [0.25, 0.3) is 0 Å². The van der Waals surface area contributed by atoms with Crippen LogP contribution < -0.4 is 5.32 Å². The first-order valence-electron chi connectivity index (χ1n) is 6.82. The van der Waals surface area contributed by atoms with E-state index in [4.69, 9.17) is 11.6 Å². The molecule has 1 amide bonds. The minimum Gasteiger partial charge on any atom is -0.328 e. The van der Waals surface area contributed by atoms with Crippen molar-refractivity contribution >= 4 is 23.7 Å². The van der Waals surface area contributed by atoms with Crippen molar-refractivity contribution in [3.63, 3.8) is 0 Å². The highest BCUT2D eigenvalue weighted by Crippen LogP contribution is 2.36. The van der Waals surface area contributed by atoms with E-state index in [2.05, 4.69) is 5.32 Å². The lowest BCUT2D eigenvalue weighted by molar-refractivity contribution is -0.105. The Morgan fingerprint density at radius 1 is 1.24 bits per heavy atom. The van der Waals surface area contributed by atoms with E-state index in [-0.39, 0.29) is 11.7 Å². The highest BCUT2D eigenvalue weighted by Gasteiger charge is 2.18. The highest BCUT2D eigenvalue weighted by atomic mass is 35.5. The normalized spacial score (nSPS) is 12.0. The molecule has 1 unspecified atom stereocenters. The summed E-state index contributed by atoms with van der Waals surface area (Å²) >= 11 is 5.99. The van der Waals surface area contributed by atoms with Crippen molar-refractivity contribution < 1.29 is 9.18 Å². The van der Waals surface area contributed by atoms with Gasteiger partial charge in [-0.3, -0.25) is 4.79 Å². The summed E-state index contributed by atoms with van der Waals surface area (Å²) in [7, 11) is 0. The third kappa shape index (κ3) is 3.42. The van der Waals surface area contributed by atoms with Crippen LogP contribution in [0.15, 0.2) is 36.4 Å². The van der Waals surface area contributed by atoms with Crippen LogP contribution in [0.3, 0.4) is 0 Å². The van der Waals surface area contributed by atoms with Crippen LogP contribution in [0.5, 0.6) is 0 Å². The van der Waals surface area contributed by atoms with Gasteiger partial charge in [0.15, 0.2) is 0 Å². The average molecular weight is 306 g/mol.